The molecule has 0 heteroatoms. The molecule has 0 spiro atoms. The van der Waals surface area contributed by atoms with Crippen LogP contribution in [0.25, 0.3) is 0 Å². The Labute approximate surface area is 64.0 Å². The molecule has 0 aromatic carbocycles. The summed E-state index contributed by atoms with van der Waals surface area (Å²) < 4.78 is 0. The van der Waals surface area contributed by atoms with Crippen LogP contribution in [-0.2, 0) is 0 Å². The normalized spacial score (nSPS) is 22.7. The Morgan fingerprint density at radius 1 is 0.900 bits per heavy atom. The summed E-state index contributed by atoms with van der Waals surface area (Å²) in [5, 5.41) is 0. The topological polar surface area (TPSA) is 0 Å². The molecule has 10 heavy (non-hydrogen) atoms. The van der Waals surface area contributed by atoms with E-state index in [0.717, 1.165) is 0 Å². The molecule has 0 aromatic heterocycles. The van der Waals surface area contributed by atoms with E-state index in [-0.39, 0.29) is 0 Å². The Morgan fingerprint density at radius 2 is 1.40 bits per heavy atom. The first-order chi connectivity index (χ1) is 4.93. The fourth-order valence-corrected chi connectivity index (χ4v) is 1.48. The van der Waals surface area contributed by atoms with Crippen LogP contribution < -0.4 is 0 Å². The average Bonchev–Trinajstić information content (AvgIpc) is 1.87. The van der Waals surface area contributed by atoms with E-state index >= 15 is 0 Å². The molecule has 0 atom stereocenters. The van der Waals surface area contributed by atoms with Gasteiger partial charge in [-0.15, -0.1) is 6.42 Å². The molecule has 55 valence electrons. The van der Waals surface area contributed by atoms with Gasteiger partial charge < -0.3 is 0 Å². The lowest BCUT2D eigenvalue weighted by molar-refractivity contribution is 0.546. The van der Waals surface area contributed by atoms with Crippen molar-refractivity contribution in [3.05, 3.63) is 5.92 Å². The average molecular weight is 135 g/mol. The number of hydrogen-bond donors (Lipinski definition) is 0. The van der Waals surface area contributed by atoms with Gasteiger partial charge in [0.1, 0.15) is 0 Å². The highest BCUT2D eigenvalue weighted by Gasteiger charge is 2.07. The summed E-state index contributed by atoms with van der Waals surface area (Å²) in [6, 6.07) is 0. The first kappa shape index (κ1) is 7.66. The van der Waals surface area contributed by atoms with E-state index in [2.05, 4.69) is 5.92 Å². The van der Waals surface area contributed by atoms with Crippen LogP contribution in [0.15, 0.2) is 0 Å². The van der Waals surface area contributed by atoms with Gasteiger partial charge in [0.25, 0.3) is 0 Å². The van der Waals surface area contributed by atoms with Crippen molar-refractivity contribution in [2.75, 3.05) is 0 Å². The molecule has 0 amide bonds. The Balaban J connectivity index is 2.24. The molecule has 0 heterocycles. The third-order valence-corrected chi connectivity index (χ3v) is 2.16. The maximum Gasteiger partial charge on any atom is 0.0477 e. The molecule has 0 aromatic rings. The highest BCUT2D eigenvalue weighted by atomic mass is 14.1. The minimum atomic E-state index is 1.19. The minimum Gasteiger partial charge on any atom is -0.119 e. The summed E-state index contributed by atoms with van der Waals surface area (Å²) in [4.78, 5) is 0. The van der Waals surface area contributed by atoms with Gasteiger partial charge in [-0.3, -0.25) is 0 Å². The SMILES string of the molecule is C#C[C]1CCCCCCC1. The molecule has 0 saturated heterocycles. The summed E-state index contributed by atoms with van der Waals surface area (Å²) >= 11 is 0. The Bertz CT molecular complexity index is 110. The smallest absolute Gasteiger partial charge is 0.0477 e. The molecule has 1 saturated carbocycles. The molecule has 1 aliphatic rings. The summed E-state index contributed by atoms with van der Waals surface area (Å²) in [5.41, 5.74) is 0. The molecule has 1 aliphatic carbocycles. The molecule has 1 rings (SSSR count). The van der Waals surface area contributed by atoms with Crippen molar-refractivity contribution in [3.8, 4) is 12.3 Å². The van der Waals surface area contributed by atoms with Crippen molar-refractivity contribution >= 4 is 0 Å². The number of rotatable bonds is 0. The van der Waals surface area contributed by atoms with Gasteiger partial charge in [0.15, 0.2) is 0 Å². The highest BCUT2D eigenvalue weighted by Crippen LogP contribution is 2.22. The zero-order valence-corrected chi connectivity index (χ0v) is 6.53. The number of hydrogen-bond acceptors (Lipinski definition) is 0. The van der Waals surface area contributed by atoms with Crippen LogP contribution in [0.3, 0.4) is 0 Å². The lowest BCUT2D eigenvalue weighted by Crippen LogP contribution is -1.97. The van der Waals surface area contributed by atoms with Crippen LogP contribution in [0, 0.1) is 18.3 Å². The van der Waals surface area contributed by atoms with Crippen molar-refractivity contribution in [2.45, 2.75) is 44.9 Å². The second-order valence-electron chi connectivity index (χ2n) is 3.02. The van der Waals surface area contributed by atoms with Crippen LogP contribution >= 0.6 is 0 Å². The van der Waals surface area contributed by atoms with E-state index < -0.39 is 0 Å². The van der Waals surface area contributed by atoms with Crippen LogP contribution in [0.1, 0.15) is 44.9 Å². The Morgan fingerprint density at radius 3 is 1.90 bits per heavy atom. The standard InChI is InChI=1S/C10H15/c1-2-10-8-6-4-3-5-7-9-10/h1H,3-9H2. The maximum atomic E-state index is 5.34. The van der Waals surface area contributed by atoms with Gasteiger partial charge in [-0.05, 0) is 12.8 Å². The fraction of sp³-hybridized carbons (Fsp3) is 0.700. The van der Waals surface area contributed by atoms with E-state index in [1.54, 1.807) is 0 Å². The van der Waals surface area contributed by atoms with Crippen LogP contribution in [0.4, 0.5) is 0 Å². The van der Waals surface area contributed by atoms with Crippen molar-refractivity contribution < 1.29 is 0 Å². The monoisotopic (exact) mass is 135 g/mol. The molecule has 1 radical (unpaired) electrons. The molecule has 0 aliphatic heterocycles. The van der Waals surface area contributed by atoms with Gasteiger partial charge >= 0.3 is 0 Å². The molecular formula is C10H15. The van der Waals surface area contributed by atoms with Crippen molar-refractivity contribution in [3.63, 3.8) is 0 Å². The second-order valence-corrected chi connectivity index (χ2v) is 3.02. The van der Waals surface area contributed by atoms with Gasteiger partial charge in [-0.1, -0.05) is 38.0 Å². The third kappa shape index (κ3) is 2.43. The lowest BCUT2D eigenvalue weighted by atomic mass is 9.92. The van der Waals surface area contributed by atoms with Gasteiger partial charge in [-0.2, -0.15) is 0 Å². The van der Waals surface area contributed by atoms with Gasteiger partial charge in [0.2, 0.25) is 0 Å². The van der Waals surface area contributed by atoms with E-state index in [0.29, 0.717) is 0 Å². The molecule has 0 bridgehead atoms. The fourth-order valence-electron chi connectivity index (χ4n) is 1.48. The lowest BCUT2D eigenvalue weighted by Gasteiger charge is -2.12. The first-order valence-corrected chi connectivity index (χ1v) is 4.25. The molecule has 0 unspecified atom stereocenters. The summed E-state index contributed by atoms with van der Waals surface area (Å²) in [5.74, 6) is 4.14. The van der Waals surface area contributed by atoms with Crippen LogP contribution in [0.5, 0.6) is 0 Å². The Hall–Kier alpha value is -0.440. The quantitative estimate of drug-likeness (QED) is 0.448. The molecule has 0 N–H and O–H groups in total. The maximum absolute atomic E-state index is 5.34. The highest BCUT2D eigenvalue weighted by molar-refractivity contribution is 5.16. The Kier molecular flexibility index (Phi) is 3.36. The van der Waals surface area contributed by atoms with Crippen molar-refractivity contribution in [1.82, 2.24) is 0 Å². The summed E-state index contributed by atoms with van der Waals surface area (Å²) in [6.45, 7) is 0. The zero-order chi connectivity index (χ0) is 7.23. The van der Waals surface area contributed by atoms with E-state index in [4.69, 9.17) is 6.42 Å². The third-order valence-electron chi connectivity index (χ3n) is 2.16. The van der Waals surface area contributed by atoms with Crippen LogP contribution in [-0.4, -0.2) is 0 Å². The molecule has 1 fully saturated rings. The zero-order valence-electron chi connectivity index (χ0n) is 6.53. The van der Waals surface area contributed by atoms with Crippen LogP contribution in [0.2, 0.25) is 0 Å². The molecule has 0 nitrogen and oxygen atoms in total. The van der Waals surface area contributed by atoms with Crippen molar-refractivity contribution in [2.24, 2.45) is 0 Å². The largest absolute Gasteiger partial charge is 0.119 e. The first-order valence-electron chi connectivity index (χ1n) is 4.25. The van der Waals surface area contributed by atoms with Gasteiger partial charge in [-0.25, -0.2) is 0 Å². The van der Waals surface area contributed by atoms with Crippen molar-refractivity contribution in [1.29, 1.82) is 0 Å². The van der Waals surface area contributed by atoms with Gasteiger partial charge in [0.05, 0.1) is 0 Å². The minimum absolute atomic E-state index is 1.19. The molecular weight excluding hydrogens is 120 g/mol. The van der Waals surface area contributed by atoms with E-state index in [9.17, 15) is 0 Å². The van der Waals surface area contributed by atoms with Gasteiger partial charge in [0, 0.05) is 5.92 Å². The van der Waals surface area contributed by atoms with E-state index in [1.165, 1.54) is 50.9 Å². The predicted molar refractivity (Wildman–Crippen MR) is 44.4 cm³/mol. The van der Waals surface area contributed by atoms with E-state index in [1.807, 2.05) is 0 Å². The summed E-state index contributed by atoms with van der Waals surface area (Å²) in [7, 11) is 0. The summed E-state index contributed by atoms with van der Waals surface area (Å²) in [6.07, 6.45) is 14.5. The number of terminal acetylenes is 1. The second kappa shape index (κ2) is 4.39. The predicted octanol–water partition coefficient (Wildman–Crippen LogP) is 2.94.